The molecular weight excluding hydrogens is 345 g/mol. The lowest BCUT2D eigenvalue weighted by molar-refractivity contribution is -0.141. The van der Waals surface area contributed by atoms with Crippen molar-refractivity contribution in [2.24, 2.45) is 5.92 Å². The number of amides is 1. The Bertz CT molecular complexity index is 831. The van der Waals surface area contributed by atoms with Crippen molar-refractivity contribution >= 4 is 33.4 Å². The molecule has 1 atom stereocenters. The number of fused-ring (bicyclic) bond motifs is 1. The molecule has 1 aliphatic rings. The first kappa shape index (κ1) is 16.7. The van der Waals surface area contributed by atoms with Gasteiger partial charge in [-0.2, -0.15) is 13.2 Å². The second-order valence-corrected chi connectivity index (χ2v) is 6.68. The van der Waals surface area contributed by atoms with Crippen molar-refractivity contribution in [2.75, 3.05) is 13.1 Å². The molecule has 1 amide bonds. The zero-order valence-corrected chi connectivity index (χ0v) is 13.4. The van der Waals surface area contributed by atoms with E-state index in [1.165, 1.54) is 11.0 Å². The van der Waals surface area contributed by atoms with Crippen molar-refractivity contribution in [3.05, 3.63) is 28.3 Å². The van der Waals surface area contributed by atoms with Crippen LogP contribution in [-0.2, 0) is 11.0 Å². The van der Waals surface area contributed by atoms with Gasteiger partial charge < -0.3 is 10.0 Å². The number of carbonyl (C=O) groups excluding carboxylic acids is 1. The third-order valence-corrected chi connectivity index (χ3v) is 5.30. The van der Waals surface area contributed by atoms with E-state index in [2.05, 4.69) is 4.98 Å². The average molecular weight is 358 g/mol. The van der Waals surface area contributed by atoms with E-state index in [9.17, 15) is 22.8 Å². The van der Waals surface area contributed by atoms with Crippen molar-refractivity contribution < 1.29 is 27.9 Å². The zero-order chi connectivity index (χ0) is 17.6. The molecule has 1 N–H and O–H groups in total. The van der Waals surface area contributed by atoms with Crippen LogP contribution in [0.1, 0.15) is 27.3 Å². The molecule has 9 heteroatoms. The predicted molar refractivity (Wildman–Crippen MR) is 81.0 cm³/mol. The number of carboxylic acids is 1. The van der Waals surface area contributed by atoms with Crippen molar-refractivity contribution in [3.63, 3.8) is 0 Å². The number of aryl methyl sites for hydroxylation is 1. The minimum Gasteiger partial charge on any atom is -0.481 e. The Balaban J connectivity index is 1.94. The molecule has 5 nitrogen and oxygen atoms in total. The molecule has 1 aliphatic heterocycles. The van der Waals surface area contributed by atoms with Crippen LogP contribution in [0.3, 0.4) is 0 Å². The van der Waals surface area contributed by atoms with Crippen LogP contribution in [0.25, 0.3) is 10.2 Å². The number of nitrogens with zero attached hydrogens (tertiary/aromatic N) is 2. The summed E-state index contributed by atoms with van der Waals surface area (Å²) in [5.74, 6) is -1.90. The summed E-state index contributed by atoms with van der Waals surface area (Å²) in [4.78, 5) is 29.1. The van der Waals surface area contributed by atoms with Gasteiger partial charge in [0.15, 0.2) is 0 Å². The fraction of sp³-hybridized carbons (Fsp3) is 0.400. The van der Waals surface area contributed by atoms with Gasteiger partial charge in [0.25, 0.3) is 5.91 Å². The second kappa shape index (κ2) is 5.73. The number of halogens is 3. The van der Waals surface area contributed by atoms with Crippen molar-refractivity contribution in [2.45, 2.75) is 19.5 Å². The van der Waals surface area contributed by atoms with E-state index < -0.39 is 23.8 Å². The molecule has 2 aromatic rings. The maximum Gasteiger partial charge on any atom is 0.433 e. The van der Waals surface area contributed by atoms with Crippen LogP contribution in [0.2, 0.25) is 0 Å². The standard InChI is InChI=1S/C15H13F3N2O3S/c1-7-9-2-3-10(15(16,17)18)19-12(9)24-11(7)13(21)20-5-4-8(6-20)14(22)23/h2-3,8H,4-6H2,1H3,(H,22,23)/t8-/m1/s1. The van der Waals surface area contributed by atoms with Crippen LogP contribution in [0, 0.1) is 12.8 Å². The number of pyridine rings is 1. The van der Waals surface area contributed by atoms with Gasteiger partial charge in [0.1, 0.15) is 10.5 Å². The maximum atomic E-state index is 12.8. The molecule has 0 spiro atoms. The first-order chi connectivity index (χ1) is 11.2. The number of rotatable bonds is 2. The van der Waals surface area contributed by atoms with Crippen LogP contribution in [0.4, 0.5) is 13.2 Å². The summed E-state index contributed by atoms with van der Waals surface area (Å²) in [7, 11) is 0. The fourth-order valence-corrected chi connectivity index (χ4v) is 3.90. The molecule has 128 valence electrons. The van der Waals surface area contributed by atoms with E-state index in [1.54, 1.807) is 6.92 Å². The number of hydrogen-bond acceptors (Lipinski definition) is 4. The molecule has 1 saturated heterocycles. The van der Waals surface area contributed by atoms with E-state index in [4.69, 9.17) is 5.11 Å². The van der Waals surface area contributed by atoms with E-state index >= 15 is 0 Å². The Morgan fingerprint density at radius 3 is 2.67 bits per heavy atom. The molecule has 3 rings (SSSR count). The van der Waals surface area contributed by atoms with E-state index in [-0.39, 0.29) is 17.3 Å². The van der Waals surface area contributed by atoms with Crippen molar-refractivity contribution in [1.29, 1.82) is 0 Å². The van der Waals surface area contributed by atoms with Crippen LogP contribution in [0.15, 0.2) is 12.1 Å². The van der Waals surface area contributed by atoms with Crippen molar-refractivity contribution in [1.82, 2.24) is 9.88 Å². The Kier molecular flexibility index (Phi) is 3.98. The third-order valence-electron chi connectivity index (χ3n) is 4.11. The summed E-state index contributed by atoms with van der Waals surface area (Å²) < 4.78 is 38.3. The summed E-state index contributed by atoms with van der Waals surface area (Å²) >= 11 is 0.909. The SMILES string of the molecule is Cc1c(C(=O)N2CC[C@@H](C(=O)O)C2)sc2nc(C(F)(F)F)ccc12. The first-order valence-corrected chi connectivity index (χ1v) is 7.99. The molecule has 24 heavy (non-hydrogen) atoms. The van der Waals surface area contributed by atoms with Crippen LogP contribution < -0.4 is 0 Å². The number of hydrogen-bond donors (Lipinski definition) is 1. The van der Waals surface area contributed by atoms with Crippen LogP contribution >= 0.6 is 11.3 Å². The van der Waals surface area contributed by atoms with E-state index in [0.29, 0.717) is 28.8 Å². The highest BCUT2D eigenvalue weighted by Crippen LogP contribution is 2.35. The Morgan fingerprint density at radius 2 is 2.08 bits per heavy atom. The molecule has 0 saturated carbocycles. The average Bonchev–Trinajstić information content (AvgIpc) is 3.11. The molecule has 0 unspecified atom stereocenters. The van der Waals surface area contributed by atoms with Gasteiger partial charge in [-0.1, -0.05) is 0 Å². The normalized spacial score (nSPS) is 18.3. The monoisotopic (exact) mass is 358 g/mol. The smallest absolute Gasteiger partial charge is 0.433 e. The van der Waals surface area contributed by atoms with Crippen molar-refractivity contribution in [3.8, 4) is 0 Å². The summed E-state index contributed by atoms with van der Waals surface area (Å²) in [6, 6.07) is 2.21. The highest BCUT2D eigenvalue weighted by molar-refractivity contribution is 7.20. The molecule has 1 fully saturated rings. The summed E-state index contributed by atoms with van der Waals surface area (Å²) in [6.45, 7) is 2.10. The predicted octanol–water partition coefficient (Wildman–Crippen LogP) is 3.17. The van der Waals surface area contributed by atoms with Gasteiger partial charge in [-0.3, -0.25) is 9.59 Å². The molecule has 3 heterocycles. The largest absolute Gasteiger partial charge is 0.481 e. The fourth-order valence-electron chi connectivity index (χ4n) is 2.75. The zero-order valence-electron chi connectivity index (χ0n) is 12.6. The first-order valence-electron chi connectivity index (χ1n) is 7.18. The molecular formula is C15H13F3N2O3S. The number of aliphatic carboxylic acids is 1. The van der Waals surface area contributed by atoms with Gasteiger partial charge in [-0.15, -0.1) is 11.3 Å². The Morgan fingerprint density at radius 1 is 1.38 bits per heavy atom. The van der Waals surface area contributed by atoms with Crippen LogP contribution in [-0.4, -0.2) is 40.0 Å². The van der Waals surface area contributed by atoms with E-state index in [1.807, 2.05) is 0 Å². The minimum atomic E-state index is -4.54. The lowest BCUT2D eigenvalue weighted by Crippen LogP contribution is -2.29. The molecule has 0 aliphatic carbocycles. The highest BCUT2D eigenvalue weighted by atomic mass is 32.1. The van der Waals surface area contributed by atoms with Gasteiger partial charge in [0.05, 0.1) is 10.8 Å². The van der Waals surface area contributed by atoms with Gasteiger partial charge in [0.2, 0.25) is 0 Å². The summed E-state index contributed by atoms with van der Waals surface area (Å²) in [6.07, 6.45) is -4.17. The van der Waals surface area contributed by atoms with Gasteiger partial charge >= 0.3 is 12.1 Å². The van der Waals surface area contributed by atoms with Gasteiger partial charge in [0, 0.05) is 18.5 Å². The molecule has 0 aromatic carbocycles. The number of aromatic nitrogens is 1. The lowest BCUT2D eigenvalue weighted by Gasteiger charge is -2.15. The molecule has 0 radical (unpaired) electrons. The lowest BCUT2D eigenvalue weighted by atomic mass is 10.1. The Hall–Kier alpha value is -2.16. The minimum absolute atomic E-state index is 0.114. The molecule has 2 aromatic heterocycles. The van der Waals surface area contributed by atoms with Crippen LogP contribution in [0.5, 0.6) is 0 Å². The van der Waals surface area contributed by atoms with Gasteiger partial charge in [-0.25, -0.2) is 4.98 Å². The second-order valence-electron chi connectivity index (χ2n) is 5.68. The summed E-state index contributed by atoms with van der Waals surface area (Å²) in [5, 5.41) is 9.51. The number of thiophene rings is 1. The number of carbonyl (C=O) groups is 2. The maximum absolute atomic E-state index is 12.8. The van der Waals surface area contributed by atoms with E-state index in [0.717, 1.165) is 17.4 Å². The topological polar surface area (TPSA) is 70.5 Å². The quantitative estimate of drug-likeness (QED) is 0.895. The third kappa shape index (κ3) is 2.83. The molecule has 0 bridgehead atoms. The summed E-state index contributed by atoms with van der Waals surface area (Å²) in [5.41, 5.74) is -0.428. The highest BCUT2D eigenvalue weighted by Gasteiger charge is 2.35. The Labute approximate surface area is 138 Å². The number of carboxylic acid groups (broad SMARTS) is 1. The van der Waals surface area contributed by atoms with Gasteiger partial charge in [-0.05, 0) is 31.0 Å². The number of likely N-dealkylation sites (tertiary alicyclic amines) is 1. The number of alkyl halides is 3.